The van der Waals surface area contributed by atoms with Crippen LogP contribution in [0.25, 0.3) is 0 Å². The minimum absolute atomic E-state index is 0.142. The summed E-state index contributed by atoms with van der Waals surface area (Å²) in [6, 6.07) is 0. The molecule has 1 spiro atoms. The van der Waals surface area contributed by atoms with Crippen LogP contribution in [0.5, 0.6) is 0 Å². The summed E-state index contributed by atoms with van der Waals surface area (Å²) in [6.45, 7) is 6.00. The monoisotopic (exact) mass is 342 g/mol. The Balaban J connectivity index is 1.57. The fourth-order valence-corrected chi connectivity index (χ4v) is 4.32. The molecule has 3 aliphatic heterocycles. The van der Waals surface area contributed by atoms with Gasteiger partial charge in [0.1, 0.15) is 24.4 Å². The SMILES string of the molecule is CCCC[C@@H]1OOC2(CCCCC2)O[C@@H]2[C@H]3OC(C)(C)O[C@H]3O[C@@H]21. The molecule has 138 valence electrons. The van der Waals surface area contributed by atoms with E-state index in [-0.39, 0.29) is 30.7 Å². The van der Waals surface area contributed by atoms with Gasteiger partial charge in [0.05, 0.1) is 0 Å². The zero-order chi connectivity index (χ0) is 16.8. The van der Waals surface area contributed by atoms with Gasteiger partial charge in [-0.3, -0.25) is 0 Å². The maximum atomic E-state index is 6.50. The second-order valence-electron chi connectivity index (χ2n) is 7.98. The van der Waals surface area contributed by atoms with Crippen LogP contribution in [0.2, 0.25) is 0 Å². The van der Waals surface area contributed by atoms with Gasteiger partial charge in [0.25, 0.3) is 0 Å². The molecule has 0 aromatic heterocycles. The third kappa shape index (κ3) is 3.13. The molecule has 6 heteroatoms. The maximum absolute atomic E-state index is 6.50. The number of fused-ring (bicyclic) bond motifs is 3. The summed E-state index contributed by atoms with van der Waals surface area (Å²) in [5.74, 6) is -1.30. The summed E-state index contributed by atoms with van der Waals surface area (Å²) in [4.78, 5) is 11.7. The van der Waals surface area contributed by atoms with E-state index in [9.17, 15) is 0 Å². The van der Waals surface area contributed by atoms with Crippen LogP contribution in [-0.4, -0.2) is 42.3 Å². The van der Waals surface area contributed by atoms with E-state index in [0.717, 1.165) is 44.9 Å². The molecular formula is C18H30O6. The highest BCUT2D eigenvalue weighted by atomic mass is 17.2. The molecule has 0 amide bonds. The van der Waals surface area contributed by atoms with Crippen molar-refractivity contribution in [2.24, 2.45) is 0 Å². The number of unbranched alkanes of at least 4 members (excludes halogenated alkanes) is 1. The van der Waals surface area contributed by atoms with E-state index in [4.69, 9.17) is 28.7 Å². The number of ether oxygens (including phenoxy) is 4. The quantitative estimate of drug-likeness (QED) is 0.733. The van der Waals surface area contributed by atoms with Crippen LogP contribution in [0.3, 0.4) is 0 Å². The van der Waals surface area contributed by atoms with Crippen molar-refractivity contribution in [3.63, 3.8) is 0 Å². The standard InChI is InChI=1S/C18H30O6/c1-4-5-9-12-13-14(15-16(19-13)22-17(2,3)20-15)21-18(24-23-12)10-7-6-8-11-18/h12-16H,4-11H2,1-3H3/t12-,13+,14-,15+,16+/m0/s1. The molecule has 3 saturated heterocycles. The summed E-state index contributed by atoms with van der Waals surface area (Å²) >= 11 is 0. The van der Waals surface area contributed by atoms with E-state index in [1.54, 1.807) is 0 Å². The van der Waals surface area contributed by atoms with Gasteiger partial charge in [-0.25, -0.2) is 9.78 Å². The maximum Gasteiger partial charge on any atom is 0.202 e. The lowest BCUT2D eigenvalue weighted by Crippen LogP contribution is -2.46. The molecule has 6 nitrogen and oxygen atoms in total. The van der Waals surface area contributed by atoms with Crippen molar-refractivity contribution in [1.82, 2.24) is 0 Å². The first-order valence-electron chi connectivity index (χ1n) is 9.55. The fourth-order valence-electron chi connectivity index (χ4n) is 4.32. The Labute approximate surface area is 144 Å². The molecule has 4 fully saturated rings. The van der Waals surface area contributed by atoms with E-state index in [0.29, 0.717) is 0 Å². The predicted octanol–water partition coefficient (Wildman–Crippen LogP) is 3.43. The first-order valence-corrected chi connectivity index (χ1v) is 9.55. The van der Waals surface area contributed by atoms with Gasteiger partial charge in [0.15, 0.2) is 12.1 Å². The molecule has 0 radical (unpaired) electrons. The van der Waals surface area contributed by atoms with E-state index in [1.807, 2.05) is 13.8 Å². The molecule has 4 aliphatic rings. The highest BCUT2D eigenvalue weighted by Crippen LogP contribution is 2.46. The molecular weight excluding hydrogens is 312 g/mol. The van der Waals surface area contributed by atoms with Crippen molar-refractivity contribution < 1.29 is 28.7 Å². The summed E-state index contributed by atoms with van der Waals surface area (Å²) in [6.07, 6.45) is 7.02. The molecule has 0 unspecified atom stereocenters. The molecule has 0 aromatic rings. The van der Waals surface area contributed by atoms with Gasteiger partial charge in [-0.15, -0.1) is 0 Å². The average Bonchev–Trinajstić information content (AvgIpc) is 2.96. The highest BCUT2D eigenvalue weighted by molar-refractivity contribution is 4.99. The molecule has 24 heavy (non-hydrogen) atoms. The first kappa shape index (κ1) is 17.2. The predicted molar refractivity (Wildman–Crippen MR) is 84.9 cm³/mol. The zero-order valence-electron chi connectivity index (χ0n) is 15.0. The lowest BCUT2D eigenvalue weighted by atomic mass is 9.93. The van der Waals surface area contributed by atoms with Gasteiger partial charge in [0, 0.05) is 12.8 Å². The van der Waals surface area contributed by atoms with Gasteiger partial charge < -0.3 is 18.9 Å². The molecule has 0 bridgehead atoms. The molecule has 3 heterocycles. The highest BCUT2D eigenvalue weighted by Gasteiger charge is 2.61. The Kier molecular flexibility index (Phi) is 4.65. The van der Waals surface area contributed by atoms with Crippen LogP contribution in [0, 0.1) is 0 Å². The third-order valence-electron chi connectivity index (χ3n) is 5.53. The number of hydrogen-bond acceptors (Lipinski definition) is 6. The Morgan fingerprint density at radius 3 is 2.46 bits per heavy atom. The molecule has 0 aromatic carbocycles. The van der Waals surface area contributed by atoms with E-state index in [2.05, 4.69) is 6.92 Å². The molecule has 5 atom stereocenters. The van der Waals surface area contributed by atoms with Crippen LogP contribution >= 0.6 is 0 Å². The number of hydrogen-bond donors (Lipinski definition) is 0. The molecule has 0 N–H and O–H groups in total. The molecule has 1 saturated carbocycles. The second-order valence-corrected chi connectivity index (χ2v) is 7.98. The van der Waals surface area contributed by atoms with E-state index >= 15 is 0 Å². The van der Waals surface area contributed by atoms with Gasteiger partial charge in [-0.05, 0) is 33.1 Å². The Morgan fingerprint density at radius 1 is 0.917 bits per heavy atom. The molecule has 4 rings (SSSR count). The minimum Gasteiger partial charge on any atom is -0.341 e. The van der Waals surface area contributed by atoms with Crippen LogP contribution in [0.4, 0.5) is 0 Å². The lowest BCUT2D eigenvalue weighted by molar-refractivity contribution is -0.443. The van der Waals surface area contributed by atoms with Crippen molar-refractivity contribution in [2.45, 2.75) is 114 Å². The van der Waals surface area contributed by atoms with Crippen LogP contribution in [-0.2, 0) is 28.7 Å². The Morgan fingerprint density at radius 2 is 1.71 bits per heavy atom. The minimum atomic E-state index is -0.656. The van der Waals surface area contributed by atoms with Crippen LogP contribution in [0.1, 0.15) is 72.1 Å². The summed E-state index contributed by atoms with van der Waals surface area (Å²) in [5, 5.41) is 0. The summed E-state index contributed by atoms with van der Waals surface area (Å²) < 4.78 is 24.7. The second kappa shape index (κ2) is 6.49. The van der Waals surface area contributed by atoms with Crippen molar-refractivity contribution >= 4 is 0 Å². The van der Waals surface area contributed by atoms with Crippen LogP contribution in [0.15, 0.2) is 0 Å². The van der Waals surface area contributed by atoms with Crippen molar-refractivity contribution in [1.29, 1.82) is 0 Å². The molecule has 1 aliphatic carbocycles. The Hall–Kier alpha value is -0.240. The van der Waals surface area contributed by atoms with Crippen molar-refractivity contribution in [3.05, 3.63) is 0 Å². The summed E-state index contributed by atoms with van der Waals surface area (Å²) in [5.41, 5.74) is 0. The first-order chi connectivity index (χ1) is 11.5. The summed E-state index contributed by atoms with van der Waals surface area (Å²) in [7, 11) is 0. The van der Waals surface area contributed by atoms with Crippen molar-refractivity contribution in [3.8, 4) is 0 Å². The fraction of sp³-hybridized carbons (Fsp3) is 1.00. The lowest BCUT2D eigenvalue weighted by Gasteiger charge is -2.36. The van der Waals surface area contributed by atoms with E-state index < -0.39 is 11.6 Å². The average molecular weight is 342 g/mol. The van der Waals surface area contributed by atoms with Gasteiger partial charge in [-0.2, -0.15) is 0 Å². The zero-order valence-corrected chi connectivity index (χ0v) is 15.0. The third-order valence-corrected chi connectivity index (χ3v) is 5.53. The van der Waals surface area contributed by atoms with Crippen molar-refractivity contribution in [2.75, 3.05) is 0 Å². The topological polar surface area (TPSA) is 55.4 Å². The smallest absolute Gasteiger partial charge is 0.202 e. The largest absolute Gasteiger partial charge is 0.341 e. The normalized spacial score (nSPS) is 43.4. The van der Waals surface area contributed by atoms with E-state index in [1.165, 1.54) is 6.42 Å². The van der Waals surface area contributed by atoms with Gasteiger partial charge in [-0.1, -0.05) is 26.2 Å². The number of rotatable bonds is 3. The van der Waals surface area contributed by atoms with Crippen LogP contribution < -0.4 is 0 Å². The van der Waals surface area contributed by atoms with Gasteiger partial charge in [0.2, 0.25) is 5.79 Å². The Bertz CT molecular complexity index is 447. The van der Waals surface area contributed by atoms with Gasteiger partial charge >= 0.3 is 0 Å².